The number of carbonyl (C=O) groups is 1. The maximum Gasteiger partial charge on any atom is 0.165 e. The third-order valence-corrected chi connectivity index (χ3v) is 6.14. The number of rotatable bonds is 4. The first-order chi connectivity index (χ1) is 9.39. The molecule has 0 amide bonds. The minimum atomic E-state index is -0.320. The molecule has 0 spiro atoms. The lowest BCUT2D eigenvalue weighted by molar-refractivity contribution is -0.143. The summed E-state index contributed by atoms with van der Waals surface area (Å²) in [6, 6.07) is 0. The number of ether oxygens (including phenoxy) is 2. The van der Waals surface area contributed by atoms with E-state index >= 15 is 0 Å². The average molecular weight is 280 g/mol. The number of Topliss-reactive ketones (excluding diaryl/α,β-unsaturated/α-hetero) is 1. The molecule has 0 aliphatic heterocycles. The molecule has 20 heavy (non-hydrogen) atoms. The molecule has 0 aromatic rings. The number of fused-ring (bicyclic) bond motifs is 1. The van der Waals surface area contributed by atoms with Gasteiger partial charge in [0, 0.05) is 26.1 Å². The third kappa shape index (κ3) is 2.25. The van der Waals surface area contributed by atoms with Crippen molar-refractivity contribution in [1.82, 2.24) is 0 Å². The van der Waals surface area contributed by atoms with Crippen LogP contribution >= 0.6 is 0 Å². The largest absolute Gasteiger partial charge is 0.356 e. The van der Waals surface area contributed by atoms with Crippen LogP contribution in [0.25, 0.3) is 0 Å². The van der Waals surface area contributed by atoms with Crippen LogP contribution in [0.2, 0.25) is 0 Å². The lowest BCUT2D eigenvalue weighted by Crippen LogP contribution is -2.52. The van der Waals surface area contributed by atoms with Gasteiger partial charge < -0.3 is 9.47 Å². The van der Waals surface area contributed by atoms with Crippen molar-refractivity contribution in [1.29, 1.82) is 0 Å². The summed E-state index contributed by atoms with van der Waals surface area (Å²) in [5.41, 5.74) is 0.773. The quantitative estimate of drug-likeness (QED) is 0.736. The van der Waals surface area contributed by atoms with E-state index in [9.17, 15) is 4.79 Å². The summed E-state index contributed by atoms with van der Waals surface area (Å²) < 4.78 is 10.5. The monoisotopic (exact) mass is 280 g/mol. The average Bonchev–Trinajstić information content (AvgIpc) is 2.43. The van der Waals surface area contributed by atoms with Crippen LogP contribution in [0, 0.1) is 16.7 Å². The molecular weight excluding hydrogens is 252 g/mol. The SMILES string of the molecule is COC(CC1=CCC2(C)C(C)CCCC2(C)C1=O)OC. The fourth-order valence-electron chi connectivity index (χ4n) is 4.11. The van der Waals surface area contributed by atoms with Crippen LogP contribution in [-0.4, -0.2) is 26.3 Å². The summed E-state index contributed by atoms with van der Waals surface area (Å²) in [5.74, 6) is 0.917. The predicted molar refractivity (Wildman–Crippen MR) is 79.4 cm³/mol. The Balaban J connectivity index is 2.28. The van der Waals surface area contributed by atoms with E-state index in [4.69, 9.17) is 9.47 Å². The summed E-state index contributed by atoms with van der Waals surface area (Å²) >= 11 is 0. The van der Waals surface area contributed by atoms with Gasteiger partial charge in [-0.25, -0.2) is 0 Å². The van der Waals surface area contributed by atoms with Gasteiger partial charge in [0.15, 0.2) is 12.1 Å². The summed E-state index contributed by atoms with van der Waals surface area (Å²) in [4.78, 5) is 13.0. The van der Waals surface area contributed by atoms with Crippen molar-refractivity contribution in [2.24, 2.45) is 16.7 Å². The summed E-state index contributed by atoms with van der Waals surface area (Å²) in [6.45, 7) is 6.77. The van der Waals surface area contributed by atoms with Gasteiger partial charge in [0.2, 0.25) is 0 Å². The highest BCUT2D eigenvalue weighted by Gasteiger charge is 2.56. The lowest BCUT2D eigenvalue weighted by atomic mass is 9.48. The zero-order valence-electron chi connectivity index (χ0n) is 13.5. The molecule has 2 aliphatic carbocycles. The molecule has 114 valence electrons. The molecule has 3 unspecified atom stereocenters. The zero-order chi connectivity index (χ0) is 15.0. The van der Waals surface area contributed by atoms with Crippen LogP contribution in [0.15, 0.2) is 11.6 Å². The zero-order valence-corrected chi connectivity index (χ0v) is 13.5. The Morgan fingerprint density at radius 2 is 2.00 bits per heavy atom. The second kappa shape index (κ2) is 5.61. The van der Waals surface area contributed by atoms with E-state index in [1.54, 1.807) is 14.2 Å². The van der Waals surface area contributed by atoms with Crippen LogP contribution in [-0.2, 0) is 14.3 Å². The van der Waals surface area contributed by atoms with E-state index in [0.29, 0.717) is 18.1 Å². The predicted octanol–water partition coefficient (Wildman–Crippen LogP) is 3.73. The molecule has 0 radical (unpaired) electrons. The fourth-order valence-corrected chi connectivity index (χ4v) is 4.11. The maximum absolute atomic E-state index is 13.0. The van der Waals surface area contributed by atoms with Crippen molar-refractivity contribution in [3.63, 3.8) is 0 Å². The van der Waals surface area contributed by atoms with Gasteiger partial charge in [0.05, 0.1) is 0 Å². The highest BCUT2D eigenvalue weighted by Crippen LogP contribution is 2.59. The van der Waals surface area contributed by atoms with E-state index in [1.165, 1.54) is 6.42 Å². The Kier molecular flexibility index (Phi) is 4.41. The van der Waals surface area contributed by atoms with E-state index < -0.39 is 0 Å². The summed E-state index contributed by atoms with van der Waals surface area (Å²) in [6.07, 6.45) is 6.77. The second-order valence-corrected chi connectivity index (χ2v) is 6.91. The van der Waals surface area contributed by atoms with Gasteiger partial charge in [0.1, 0.15) is 0 Å². The molecule has 2 aliphatic rings. The number of ketones is 1. The molecule has 0 heterocycles. The molecule has 3 nitrogen and oxygen atoms in total. The number of hydrogen-bond donors (Lipinski definition) is 0. The molecule has 0 N–H and O–H groups in total. The maximum atomic E-state index is 13.0. The van der Waals surface area contributed by atoms with Crippen LogP contribution in [0.3, 0.4) is 0 Å². The highest BCUT2D eigenvalue weighted by molar-refractivity contribution is 6.01. The van der Waals surface area contributed by atoms with Crippen molar-refractivity contribution >= 4 is 5.78 Å². The van der Waals surface area contributed by atoms with Gasteiger partial charge in [0.25, 0.3) is 0 Å². The number of allylic oxidation sites excluding steroid dienone is 1. The molecular formula is C17H28O3. The van der Waals surface area contributed by atoms with Crippen LogP contribution < -0.4 is 0 Å². The number of carbonyl (C=O) groups excluding carboxylic acids is 1. The molecule has 3 atom stereocenters. The van der Waals surface area contributed by atoms with Crippen molar-refractivity contribution in [3.05, 3.63) is 11.6 Å². The van der Waals surface area contributed by atoms with Crippen molar-refractivity contribution in [2.75, 3.05) is 14.2 Å². The van der Waals surface area contributed by atoms with Gasteiger partial charge in [-0.15, -0.1) is 0 Å². The van der Waals surface area contributed by atoms with E-state index in [2.05, 4.69) is 26.8 Å². The molecule has 0 saturated heterocycles. The molecule has 3 heteroatoms. The first kappa shape index (κ1) is 15.7. The van der Waals surface area contributed by atoms with E-state index in [1.807, 2.05) is 0 Å². The fraction of sp³-hybridized carbons (Fsp3) is 0.824. The van der Waals surface area contributed by atoms with Gasteiger partial charge in [-0.2, -0.15) is 0 Å². The van der Waals surface area contributed by atoms with E-state index in [0.717, 1.165) is 24.8 Å². The Hall–Kier alpha value is -0.670. The van der Waals surface area contributed by atoms with Crippen molar-refractivity contribution < 1.29 is 14.3 Å². The van der Waals surface area contributed by atoms with Gasteiger partial charge in [-0.05, 0) is 29.7 Å². The Bertz CT molecular complexity index is 410. The molecule has 0 aromatic carbocycles. The van der Waals surface area contributed by atoms with Crippen LogP contribution in [0.1, 0.15) is 52.9 Å². The Morgan fingerprint density at radius 1 is 1.35 bits per heavy atom. The minimum Gasteiger partial charge on any atom is -0.356 e. The molecule has 0 aromatic heterocycles. The Labute approximate surface area is 122 Å². The normalized spacial score (nSPS) is 37.8. The van der Waals surface area contributed by atoms with Crippen LogP contribution in [0.5, 0.6) is 0 Å². The van der Waals surface area contributed by atoms with Crippen LogP contribution in [0.4, 0.5) is 0 Å². The van der Waals surface area contributed by atoms with Gasteiger partial charge in [-0.3, -0.25) is 4.79 Å². The lowest BCUT2D eigenvalue weighted by Gasteiger charge is -2.55. The Morgan fingerprint density at radius 3 is 2.60 bits per heavy atom. The molecule has 1 fully saturated rings. The first-order valence-corrected chi connectivity index (χ1v) is 7.68. The minimum absolute atomic E-state index is 0.0987. The van der Waals surface area contributed by atoms with Gasteiger partial charge in [-0.1, -0.05) is 39.7 Å². The third-order valence-electron chi connectivity index (χ3n) is 6.14. The number of hydrogen-bond acceptors (Lipinski definition) is 3. The summed E-state index contributed by atoms with van der Waals surface area (Å²) in [7, 11) is 3.24. The van der Waals surface area contributed by atoms with Gasteiger partial charge >= 0.3 is 0 Å². The first-order valence-electron chi connectivity index (χ1n) is 7.68. The van der Waals surface area contributed by atoms with Crippen molar-refractivity contribution in [2.45, 2.75) is 59.2 Å². The standard InChI is InChI=1S/C17H28O3/c1-12-7-6-9-17(3)15(18)13(8-10-16(12,17)2)11-14(19-4)20-5/h8,12,14H,6-7,9-11H2,1-5H3. The molecule has 2 rings (SSSR count). The summed E-state index contributed by atoms with van der Waals surface area (Å²) in [5, 5.41) is 0. The second-order valence-electron chi connectivity index (χ2n) is 6.91. The number of methoxy groups -OCH3 is 2. The molecule has 0 bridgehead atoms. The highest BCUT2D eigenvalue weighted by atomic mass is 16.7. The smallest absolute Gasteiger partial charge is 0.165 e. The van der Waals surface area contributed by atoms with Crippen molar-refractivity contribution in [3.8, 4) is 0 Å². The molecule has 1 saturated carbocycles. The topological polar surface area (TPSA) is 35.5 Å². The van der Waals surface area contributed by atoms with E-state index in [-0.39, 0.29) is 17.1 Å².